The number of Topliss-reactive ketones (excluding diaryl/α,β-unsaturated/α-hetero) is 1. The molecule has 0 spiro atoms. The van der Waals surface area contributed by atoms with Gasteiger partial charge in [0.05, 0.1) is 11.3 Å². The summed E-state index contributed by atoms with van der Waals surface area (Å²) in [5.74, 6) is -1.81. The number of pyridine rings is 1. The standard InChI is InChI=1S/C24H18FN3O3/c1-28-21-6-5-17(23(30)27-14-15-7-9-26-10-8-15)13-19(21)22(29)20(24(28)31)12-16-3-2-4-18(25)11-16/h2-13H,14H2,1H3,(H,27,30)/b20-12+. The second-order valence-corrected chi connectivity index (χ2v) is 7.08. The number of likely N-dealkylation sites (N-methyl/N-ethyl adjacent to an activating group) is 1. The number of carbonyl (C=O) groups excluding carboxylic acids is 3. The number of aromatic nitrogens is 1. The minimum atomic E-state index is -0.508. The Morgan fingerprint density at radius 3 is 2.61 bits per heavy atom. The van der Waals surface area contributed by atoms with E-state index in [1.165, 1.54) is 35.2 Å². The molecule has 1 aliphatic rings. The lowest BCUT2D eigenvalue weighted by Gasteiger charge is -2.27. The van der Waals surface area contributed by atoms with Crippen molar-refractivity contribution in [2.75, 3.05) is 11.9 Å². The van der Waals surface area contributed by atoms with E-state index in [-0.39, 0.29) is 17.0 Å². The molecule has 2 amide bonds. The van der Waals surface area contributed by atoms with Crippen molar-refractivity contribution in [3.63, 3.8) is 0 Å². The summed E-state index contributed by atoms with van der Waals surface area (Å²) in [5, 5.41) is 2.80. The fourth-order valence-corrected chi connectivity index (χ4v) is 3.36. The van der Waals surface area contributed by atoms with Gasteiger partial charge in [0.2, 0.25) is 5.78 Å². The number of nitrogens with zero attached hydrogens (tertiary/aromatic N) is 2. The Morgan fingerprint density at radius 2 is 1.87 bits per heavy atom. The van der Waals surface area contributed by atoms with E-state index in [1.807, 2.05) is 0 Å². The fourth-order valence-electron chi connectivity index (χ4n) is 3.36. The topological polar surface area (TPSA) is 79.4 Å². The zero-order chi connectivity index (χ0) is 22.0. The fraction of sp³-hybridized carbons (Fsp3) is 0.0833. The van der Waals surface area contributed by atoms with E-state index in [9.17, 15) is 18.8 Å². The lowest BCUT2D eigenvalue weighted by molar-refractivity contribution is -0.114. The van der Waals surface area contributed by atoms with Crippen molar-refractivity contribution in [2.24, 2.45) is 0 Å². The van der Waals surface area contributed by atoms with Gasteiger partial charge in [-0.1, -0.05) is 12.1 Å². The maximum atomic E-state index is 13.5. The van der Waals surface area contributed by atoms with Crippen molar-refractivity contribution in [2.45, 2.75) is 6.54 Å². The Kier molecular flexibility index (Phi) is 5.41. The predicted octanol–water partition coefficient (Wildman–Crippen LogP) is 3.39. The van der Waals surface area contributed by atoms with E-state index in [0.29, 0.717) is 23.4 Å². The lowest BCUT2D eigenvalue weighted by Crippen LogP contribution is -2.37. The van der Waals surface area contributed by atoms with Crippen LogP contribution in [0.25, 0.3) is 6.08 Å². The summed E-state index contributed by atoms with van der Waals surface area (Å²) < 4.78 is 13.5. The van der Waals surface area contributed by atoms with Gasteiger partial charge in [-0.15, -0.1) is 0 Å². The van der Waals surface area contributed by atoms with Gasteiger partial charge in [-0.3, -0.25) is 19.4 Å². The summed E-state index contributed by atoms with van der Waals surface area (Å²) in [6, 6.07) is 13.8. The van der Waals surface area contributed by atoms with E-state index in [0.717, 1.165) is 5.56 Å². The molecular weight excluding hydrogens is 397 g/mol. The summed E-state index contributed by atoms with van der Waals surface area (Å²) in [4.78, 5) is 43.7. The van der Waals surface area contributed by atoms with Crippen LogP contribution in [-0.2, 0) is 11.3 Å². The number of benzene rings is 2. The minimum absolute atomic E-state index is 0.0880. The zero-order valence-electron chi connectivity index (χ0n) is 16.6. The van der Waals surface area contributed by atoms with E-state index in [1.54, 1.807) is 49.8 Å². The molecule has 1 N–H and O–H groups in total. The number of nitrogens with one attached hydrogen (secondary N) is 1. The third-order valence-electron chi connectivity index (χ3n) is 5.01. The number of anilines is 1. The van der Waals surface area contributed by atoms with Gasteiger partial charge in [-0.25, -0.2) is 4.39 Å². The van der Waals surface area contributed by atoms with Crippen LogP contribution in [0.4, 0.5) is 10.1 Å². The van der Waals surface area contributed by atoms with Crippen LogP contribution in [0.15, 0.2) is 72.6 Å². The summed E-state index contributed by atoms with van der Waals surface area (Å²) >= 11 is 0. The Hall–Kier alpha value is -4.13. The monoisotopic (exact) mass is 415 g/mol. The molecule has 2 aromatic carbocycles. The highest BCUT2D eigenvalue weighted by atomic mass is 19.1. The van der Waals surface area contributed by atoms with Gasteiger partial charge in [-0.05, 0) is 59.7 Å². The highest BCUT2D eigenvalue weighted by molar-refractivity contribution is 6.36. The average Bonchev–Trinajstić information content (AvgIpc) is 2.79. The lowest BCUT2D eigenvalue weighted by atomic mass is 9.92. The van der Waals surface area contributed by atoms with Gasteiger partial charge in [0.1, 0.15) is 5.82 Å². The van der Waals surface area contributed by atoms with Crippen LogP contribution in [0, 0.1) is 5.82 Å². The van der Waals surface area contributed by atoms with E-state index in [4.69, 9.17) is 0 Å². The number of amides is 2. The number of fused-ring (bicyclic) bond motifs is 1. The van der Waals surface area contributed by atoms with Gasteiger partial charge >= 0.3 is 0 Å². The van der Waals surface area contributed by atoms with E-state index in [2.05, 4.69) is 10.3 Å². The summed E-state index contributed by atoms with van der Waals surface area (Å²) in [5.41, 5.74) is 2.16. The number of halogens is 1. The molecule has 0 atom stereocenters. The number of rotatable bonds is 4. The first kappa shape index (κ1) is 20.2. The summed E-state index contributed by atoms with van der Waals surface area (Å²) in [7, 11) is 1.55. The molecular formula is C24H18FN3O3. The number of ketones is 1. The molecule has 1 aromatic heterocycles. The number of hydrogen-bond acceptors (Lipinski definition) is 4. The molecule has 7 heteroatoms. The van der Waals surface area contributed by atoms with E-state index >= 15 is 0 Å². The smallest absolute Gasteiger partial charge is 0.262 e. The molecule has 0 fully saturated rings. The van der Waals surface area contributed by atoms with Gasteiger partial charge in [0.25, 0.3) is 11.8 Å². The molecule has 0 aliphatic carbocycles. The van der Waals surface area contributed by atoms with Crippen molar-refractivity contribution in [1.29, 1.82) is 0 Å². The average molecular weight is 415 g/mol. The maximum absolute atomic E-state index is 13.5. The number of hydrogen-bond donors (Lipinski definition) is 1. The summed E-state index contributed by atoms with van der Waals surface area (Å²) in [6.07, 6.45) is 4.64. The van der Waals surface area contributed by atoms with E-state index < -0.39 is 17.5 Å². The third kappa shape index (κ3) is 4.11. The normalized spacial score (nSPS) is 14.5. The molecule has 2 heterocycles. The molecule has 154 valence electrons. The van der Waals surface area contributed by atoms with Crippen LogP contribution in [0.2, 0.25) is 0 Å². The molecule has 0 bridgehead atoms. The van der Waals surface area contributed by atoms with Crippen LogP contribution in [0.3, 0.4) is 0 Å². The Balaban J connectivity index is 1.63. The SMILES string of the molecule is CN1C(=O)/C(=C/c2cccc(F)c2)C(=O)c2cc(C(=O)NCc3ccncc3)ccc21. The van der Waals surface area contributed by atoms with Crippen LogP contribution in [0.5, 0.6) is 0 Å². The van der Waals surface area contributed by atoms with Crippen molar-refractivity contribution >= 4 is 29.4 Å². The molecule has 0 unspecified atom stereocenters. The third-order valence-corrected chi connectivity index (χ3v) is 5.01. The molecule has 6 nitrogen and oxygen atoms in total. The second kappa shape index (κ2) is 8.31. The van der Waals surface area contributed by atoms with Crippen molar-refractivity contribution in [3.8, 4) is 0 Å². The van der Waals surface area contributed by atoms with Crippen LogP contribution in [0.1, 0.15) is 31.8 Å². The quantitative estimate of drug-likeness (QED) is 0.523. The van der Waals surface area contributed by atoms with Crippen molar-refractivity contribution < 1.29 is 18.8 Å². The first-order valence-corrected chi connectivity index (χ1v) is 9.55. The summed E-state index contributed by atoms with van der Waals surface area (Å²) in [6.45, 7) is 0.315. The van der Waals surface area contributed by atoms with Gasteiger partial charge in [0.15, 0.2) is 0 Å². The first-order valence-electron chi connectivity index (χ1n) is 9.55. The largest absolute Gasteiger partial charge is 0.348 e. The zero-order valence-corrected chi connectivity index (χ0v) is 16.6. The Morgan fingerprint density at radius 1 is 1.10 bits per heavy atom. The Labute approximate surface area is 178 Å². The number of carbonyl (C=O) groups is 3. The highest BCUT2D eigenvalue weighted by Gasteiger charge is 2.33. The molecule has 0 radical (unpaired) electrons. The van der Waals surface area contributed by atoms with Crippen molar-refractivity contribution in [3.05, 3.63) is 101 Å². The first-order chi connectivity index (χ1) is 14.9. The van der Waals surface area contributed by atoms with Gasteiger partial charge in [0, 0.05) is 37.1 Å². The molecule has 1 aliphatic heterocycles. The maximum Gasteiger partial charge on any atom is 0.262 e. The molecule has 31 heavy (non-hydrogen) atoms. The molecule has 0 saturated heterocycles. The van der Waals surface area contributed by atoms with Crippen LogP contribution in [-0.4, -0.2) is 29.6 Å². The Bertz CT molecular complexity index is 1220. The highest BCUT2D eigenvalue weighted by Crippen LogP contribution is 2.31. The molecule has 3 aromatic rings. The van der Waals surface area contributed by atoms with Gasteiger partial charge < -0.3 is 10.2 Å². The van der Waals surface area contributed by atoms with Crippen LogP contribution < -0.4 is 10.2 Å². The minimum Gasteiger partial charge on any atom is -0.348 e. The molecule has 4 rings (SSSR count). The second-order valence-electron chi connectivity index (χ2n) is 7.08. The predicted molar refractivity (Wildman–Crippen MR) is 114 cm³/mol. The van der Waals surface area contributed by atoms with Crippen LogP contribution >= 0.6 is 0 Å². The molecule has 0 saturated carbocycles. The van der Waals surface area contributed by atoms with Gasteiger partial charge in [-0.2, -0.15) is 0 Å². The van der Waals surface area contributed by atoms with Crippen molar-refractivity contribution in [1.82, 2.24) is 10.3 Å².